The summed E-state index contributed by atoms with van der Waals surface area (Å²) in [6.45, 7) is 0.0853. The predicted molar refractivity (Wildman–Crippen MR) is 58.0 cm³/mol. The number of methoxy groups -OCH3 is 1. The summed E-state index contributed by atoms with van der Waals surface area (Å²) in [6, 6.07) is 0. The molecule has 100 valence electrons. The Kier molecular flexibility index (Phi) is 3.50. The number of nitro groups is 1. The fourth-order valence-electron chi connectivity index (χ4n) is 1.29. The van der Waals surface area contributed by atoms with Gasteiger partial charge in [-0.25, -0.2) is 0 Å². The maximum atomic E-state index is 11.0. The molecule has 0 aliphatic rings. The Balaban J connectivity index is 2.02. The van der Waals surface area contributed by atoms with Crippen molar-refractivity contribution in [2.75, 3.05) is 7.11 Å². The molecule has 0 N–H and O–H groups in total. The molecule has 0 unspecified atom stereocenters. The normalized spacial score (nSPS) is 10.4. The SMILES string of the molecule is COC(=O)Cc1nnc(Cn2cc([N+](=O)[O-])cn2)o1. The summed E-state index contributed by atoms with van der Waals surface area (Å²) in [5.74, 6) is -0.190. The summed E-state index contributed by atoms with van der Waals surface area (Å²) in [4.78, 5) is 20.9. The number of carbonyl (C=O) groups excluding carboxylic acids is 1. The lowest BCUT2D eigenvalue weighted by Crippen LogP contribution is -2.04. The molecular weight excluding hydrogens is 258 g/mol. The minimum atomic E-state index is -0.556. The molecule has 10 nitrogen and oxygen atoms in total. The molecule has 0 amide bonds. The monoisotopic (exact) mass is 267 g/mol. The molecule has 10 heteroatoms. The molecule has 2 aromatic rings. The lowest BCUT2D eigenvalue weighted by Gasteiger charge is -1.94. The molecule has 0 radical (unpaired) electrons. The number of ether oxygens (including phenoxy) is 1. The highest BCUT2D eigenvalue weighted by Crippen LogP contribution is 2.10. The van der Waals surface area contributed by atoms with Crippen molar-refractivity contribution in [1.82, 2.24) is 20.0 Å². The molecule has 0 saturated carbocycles. The molecular formula is C9H9N5O5. The topological polar surface area (TPSA) is 126 Å². The molecule has 2 rings (SSSR count). The first-order valence-corrected chi connectivity index (χ1v) is 5.13. The van der Waals surface area contributed by atoms with Crippen LogP contribution in [0.4, 0.5) is 5.69 Å². The van der Waals surface area contributed by atoms with E-state index >= 15 is 0 Å². The number of aromatic nitrogens is 4. The molecule has 0 saturated heterocycles. The molecule has 0 bridgehead atoms. The van der Waals surface area contributed by atoms with E-state index in [-0.39, 0.29) is 30.4 Å². The smallest absolute Gasteiger partial charge is 0.315 e. The lowest BCUT2D eigenvalue weighted by molar-refractivity contribution is -0.385. The number of esters is 1. The van der Waals surface area contributed by atoms with E-state index in [9.17, 15) is 14.9 Å². The van der Waals surface area contributed by atoms with Crippen LogP contribution < -0.4 is 0 Å². The Labute approximate surface area is 106 Å². The lowest BCUT2D eigenvalue weighted by atomic mass is 10.4. The van der Waals surface area contributed by atoms with E-state index in [0.717, 1.165) is 6.20 Å². The van der Waals surface area contributed by atoms with Crippen molar-refractivity contribution < 1.29 is 18.9 Å². The summed E-state index contributed by atoms with van der Waals surface area (Å²) >= 11 is 0. The van der Waals surface area contributed by atoms with Crippen molar-refractivity contribution in [2.45, 2.75) is 13.0 Å². The zero-order valence-corrected chi connectivity index (χ0v) is 9.85. The van der Waals surface area contributed by atoms with E-state index in [1.807, 2.05) is 0 Å². The molecule has 0 aliphatic heterocycles. The Bertz CT molecular complexity index is 604. The van der Waals surface area contributed by atoms with Crippen molar-refractivity contribution in [3.8, 4) is 0 Å². The van der Waals surface area contributed by atoms with E-state index < -0.39 is 10.9 Å². The van der Waals surface area contributed by atoms with Gasteiger partial charge >= 0.3 is 11.7 Å². The Morgan fingerprint density at radius 3 is 2.89 bits per heavy atom. The zero-order chi connectivity index (χ0) is 13.8. The molecule has 2 heterocycles. The van der Waals surface area contributed by atoms with Gasteiger partial charge in [-0.15, -0.1) is 10.2 Å². The van der Waals surface area contributed by atoms with Crippen molar-refractivity contribution in [1.29, 1.82) is 0 Å². The Hall–Kier alpha value is -2.78. The second kappa shape index (κ2) is 5.25. The van der Waals surface area contributed by atoms with Gasteiger partial charge in [-0.3, -0.25) is 19.6 Å². The van der Waals surface area contributed by atoms with Crippen LogP contribution in [0.15, 0.2) is 16.8 Å². The number of hydrogen-bond donors (Lipinski definition) is 0. The summed E-state index contributed by atoms with van der Waals surface area (Å²) in [5.41, 5.74) is -0.130. The molecule has 0 aliphatic carbocycles. The first kappa shape index (κ1) is 12.7. The Morgan fingerprint density at radius 2 is 2.26 bits per heavy atom. The second-order valence-electron chi connectivity index (χ2n) is 3.50. The highest BCUT2D eigenvalue weighted by atomic mass is 16.6. The molecule has 2 aromatic heterocycles. The standard InChI is InChI=1S/C9H9N5O5/c1-18-9(15)2-7-11-12-8(19-7)5-13-4-6(3-10-13)14(16)17/h3-4H,2,5H2,1H3. The number of rotatable bonds is 5. The zero-order valence-electron chi connectivity index (χ0n) is 9.85. The first-order valence-electron chi connectivity index (χ1n) is 5.13. The van der Waals surface area contributed by atoms with Gasteiger partial charge in [-0.05, 0) is 0 Å². The summed E-state index contributed by atoms with van der Waals surface area (Å²) in [7, 11) is 1.25. The van der Waals surface area contributed by atoms with Crippen LogP contribution in [-0.2, 0) is 22.5 Å². The summed E-state index contributed by atoms with van der Waals surface area (Å²) < 4.78 is 10.9. The van der Waals surface area contributed by atoms with Crippen LogP contribution >= 0.6 is 0 Å². The largest absolute Gasteiger partial charge is 0.469 e. The molecule has 0 aromatic carbocycles. The van der Waals surface area contributed by atoms with Gasteiger partial charge in [-0.1, -0.05) is 0 Å². The highest BCUT2D eigenvalue weighted by molar-refractivity contribution is 5.70. The highest BCUT2D eigenvalue weighted by Gasteiger charge is 2.13. The molecule has 0 spiro atoms. The molecule has 0 atom stereocenters. The molecule has 19 heavy (non-hydrogen) atoms. The summed E-state index contributed by atoms with van der Waals surface area (Å²) in [5, 5.41) is 21.6. The number of nitrogens with zero attached hydrogens (tertiary/aromatic N) is 5. The van der Waals surface area contributed by atoms with Gasteiger partial charge in [0.2, 0.25) is 11.8 Å². The van der Waals surface area contributed by atoms with Crippen LogP contribution in [0.3, 0.4) is 0 Å². The van der Waals surface area contributed by atoms with E-state index in [4.69, 9.17) is 4.42 Å². The van der Waals surface area contributed by atoms with E-state index in [0.29, 0.717) is 0 Å². The van der Waals surface area contributed by atoms with Gasteiger partial charge in [-0.2, -0.15) is 5.10 Å². The third kappa shape index (κ3) is 3.12. The fourth-order valence-corrected chi connectivity index (χ4v) is 1.29. The quantitative estimate of drug-likeness (QED) is 0.418. The fraction of sp³-hybridized carbons (Fsp3) is 0.333. The van der Waals surface area contributed by atoms with Crippen molar-refractivity contribution >= 4 is 11.7 Å². The second-order valence-corrected chi connectivity index (χ2v) is 3.50. The average molecular weight is 267 g/mol. The van der Waals surface area contributed by atoms with Crippen LogP contribution in [0.1, 0.15) is 11.8 Å². The van der Waals surface area contributed by atoms with Gasteiger partial charge in [0, 0.05) is 0 Å². The van der Waals surface area contributed by atoms with Crippen LogP contribution in [0.25, 0.3) is 0 Å². The average Bonchev–Trinajstić information content (AvgIpc) is 2.99. The minimum Gasteiger partial charge on any atom is -0.469 e. The number of carbonyl (C=O) groups is 1. The van der Waals surface area contributed by atoms with Crippen LogP contribution in [0, 0.1) is 10.1 Å². The molecule has 0 fully saturated rings. The van der Waals surface area contributed by atoms with E-state index in [1.165, 1.54) is 18.0 Å². The maximum absolute atomic E-state index is 11.0. The van der Waals surface area contributed by atoms with E-state index in [1.54, 1.807) is 0 Å². The van der Waals surface area contributed by atoms with Gasteiger partial charge in [0.25, 0.3) is 0 Å². The van der Waals surface area contributed by atoms with Crippen LogP contribution in [-0.4, -0.2) is 38.0 Å². The third-order valence-electron chi connectivity index (χ3n) is 2.16. The van der Waals surface area contributed by atoms with Gasteiger partial charge in [0.05, 0.1) is 12.0 Å². The van der Waals surface area contributed by atoms with Crippen molar-refractivity contribution in [2.24, 2.45) is 0 Å². The van der Waals surface area contributed by atoms with Crippen molar-refractivity contribution in [3.05, 3.63) is 34.3 Å². The minimum absolute atomic E-state index is 0.0853. The maximum Gasteiger partial charge on any atom is 0.315 e. The van der Waals surface area contributed by atoms with Gasteiger partial charge in [0.1, 0.15) is 25.4 Å². The van der Waals surface area contributed by atoms with Crippen molar-refractivity contribution in [3.63, 3.8) is 0 Å². The number of hydrogen-bond acceptors (Lipinski definition) is 8. The van der Waals surface area contributed by atoms with Crippen LogP contribution in [0.2, 0.25) is 0 Å². The van der Waals surface area contributed by atoms with Crippen LogP contribution in [0.5, 0.6) is 0 Å². The third-order valence-corrected chi connectivity index (χ3v) is 2.16. The first-order chi connectivity index (χ1) is 9.08. The predicted octanol–water partition coefficient (Wildman–Crippen LogP) is -0.0619. The van der Waals surface area contributed by atoms with Gasteiger partial charge in [0.15, 0.2) is 0 Å². The van der Waals surface area contributed by atoms with Gasteiger partial charge < -0.3 is 9.15 Å². The van der Waals surface area contributed by atoms with E-state index in [2.05, 4.69) is 20.0 Å². The summed E-state index contributed by atoms with van der Waals surface area (Å²) in [6.07, 6.45) is 2.23. The Morgan fingerprint density at radius 1 is 1.53 bits per heavy atom.